The molecule has 0 aliphatic carbocycles. The summed E-state index contributed by atoms with van der Waals surface area (Å²) in [6, 6.07) is 10.6. The van der Waals surface area contributed by atoms with Crippen LogP contribution in [0.4, 0.5) is 4.39 Å². The topological polar surface area (TPSA) is 163 Å². The van der Waals surface area contributed by atoms with Crippen LogP contribution < -0.4 is 20.1 Å². The number of rotatable bonds is 17. The average Bonchev–Trinajstić information content (AvgIpc) is 3.51. The molecule has 55 heavy (non-hydrogen) atoms. The second-order valence-electron chi connectivity index (χ2n) is 14.3. The van der Waals surface area contributed by atoms with Crippen molar-refractivity contribution in [3.63, 3.8) is 0 Å². The van der Waals surface area contributed by atoms with Crippen LogP contribution in [0.15, 0.2) is 49.0 Å². The highest BCUT2D eigenvalue weighted by molar-refractivity contribution is 7.89. The Kier molecular flexibility index (Phi) is 13.6. The Morgan fingerprint density at radius 2 is 1.75 bits per heavy atom. The Morgan fingerprint density at radius 3 is 2.35 bits per heavy atom. The molecule has 1 aromatic heterocycles. The number of unbranched alkanes of at least 4 members (excludes halogenated alkanes) is 1. The zero-order valence-electron chi connectivity index (χ0n) is 32.8. The van der Waals surface area contributed by atoms with Crippen molar-refractivity contribution in [3.8, 4) is 17.2 Å². The molecule has 4 rings (SSSR count). The average molecular weight is 786 g/mol. The second kappa shape index (κ2) is 17.6. The molecule has 14 nitrogen and oxygen atoms in total. The van der Waals surface area contributed by atoms with Crippen molar-refractivity contribution in [3.05, 3.63) is 82.9 Å². The van der Waals surface area contributed by atoms with Gasteiger partial charge in [0.05, 0.1) is 49.9 Å². The lowest BCUT2D eigenvalue weighted by Crippen LogP contribution is -2.42. The van der Waals surface area contributed by atoms with Gasteiger partial charge in [-0.25, -0.2) is 18.7 Å². The number of hydrogen-bond acceptors (Lipinski definition) is 10. The molecule has 2 heterocycles. The van der Waals surface area contributed by atoms with E-state index in [-0.39, 0.29) is 78.6 Å². The number of amides is 2. The van der Waals surface area contributed by atoms with Crippen LogP contribution in [-0.2, 0) is 32.7 Å². The monoisotopic (exact) mass is 785 g/mol. The lowest BCUT2D eigenvalue weighted by molar-refractivity contribution is -0.153. The molecule has 0 saturated carbocycles. The number of carbonyl (C=O) groups excluding carboxylic acids is 3. The van der Waals surface area contributed by atoms with Crippen LogP contribution in [0.1, 0.15) is 91.2 Å². The number of hydrogen-bond donors (Lipinski definition) is 1. The summed E-state index contributed by atoms with van der Waals surface area (Å²) in [6.07, 6.45) is 0.478. The van der Waals surface area contributed by atoms with E-state index in [0.717, 1.165) is 14.9 Å². The number of sulfonamides is 1. The highest BCUT2D eigenvalue weighted by Gasteiger charge is 2.42. The Hall–Kier alpha value is -5.09. The maximum Gasteiger partial charge on any atom is 0.311 e. The van der Waals surface area contributed by atoms with Gasteiger partial charge in [-0.05, 0) is 71.2 Å². The number of aromatic nitrogens is 1. The zero-order valence-corrected chi connectivity index (χ0v) is 33.6. The first-order chi connectivity index (χ1) is 25.9. The van der Waals surface area contributed by atoms with Gasteiger partial charge in [0.2, 0.25) is 10.0 Å². The van der Waals surface area contributed by atoms with Gasteiger partial charge in [0.25, 0.3) is 11.8 Å². The van der Waals surface area contributed by atoms with Crippen molar-refractivity contribution >= 4 is 33.5 Å². The van der Waals surface area contributed by atoms with Crippen LogP contribution in [-0.4, -0.2) is 91.7 Å². The molecule has 2 N–H and O–H groups in total. The van der Waals surface area contributed by atoms with E-state index in [2.05, 4.69) is 6.58 Å². The van der Waals surface area contributed by atoms with Crippen molar-refractivity contribution in [1.82, 2.24) is 18.8 Å². The van der Waals surface area contributed by atoms with E-state index in [9.17, 15) is 27.2 Å². The first-order valence-corrected chi connectivity index (χ1v) is 19.5. The lowest BCUT2D eigenvalue weighted by Gasteiger charge is -2.34. The Morgan fingerprint density at radius 1 is 1.07 bits per heavy atom. The maximum absolute atomic E-state index is 14.5. The fraction of sp³-hybridized carbons (Fsp3) is 0.462. The number of carbonyl (C=O) groups is 3. The number of hydrazine groups is 1. The van der Waals surface area contributed by atoms with Crippen molar-refractivity contribution in [2.45, 2.75) is 66.7 Å². The lowest BCUT2D eigenvalue weighted by atomic mass is 9.97. The molecule has 0 unspecified atom stereocenters. The number of fused-ring (bicyclic) bond motifs is 1. The smallest absolute Gasteiger partial charge is 0.311 e. The van der Waals surface area contributed by atoms with Crippen molar-refractivity contribution in [1.29, 1.82) is 0 Å². The van der Waals surface area contributed by atoms with Crippen molar-refractivity contribution in [2.24, 2.45) is 11.3 Å². The van der Waals surface area contributed by atoms with Crippen molar-refractivity contribution < 1.29 is 46.1 Å². The maximum atomic E-state index is 14.5. The number of halogens is 1. The fourth-order valence-electron chi connectivity index (χ4n) is 6.09. The predicted octanol–water partition coefficient (Wildman–Crippen LogP) is 5.38. The minimum atomic E-state index is -4.03. The molecular weight excluding hydrogens is 734 g/mol. The molecule has 0 saturated heterocycles. The first-order valence-electron chi connectivity index (χ1n) is 17.9. The van der Waals surface area contributed by atoms with E-state index in [1.54, 1.807) is 61.6 Å². The predicted molar refractivity (Wildman–Crippen MR) is 205 cm³/mol. The number of likely N-dealkylation sites (N-methyl/N-ethyl adjacent to an activating group) is 1. The number of nitrogens with two attached hydrogens (primary N) is 1. The number of benzene rings is 2. The third-order valence-electron chi connectivity index (χ3n) is 9.27. The van der Waals surface area contributed by atoms with Crippen molar-refractivity contribution in [2.75, 3.05) is 46.7 Å². The normalized spacial score (nSPS) is 14.3. The fourth-order valence-corrected chi connectivity index (χ4v) is 7.36. The minimum absolute atomic E-state index is 0.0455. The van der Waals surface area contributed by atoms with Crippen LogP contribution in [0.3, 0.4) is 0 Å². The first kappa shape index (κ1) is 42.6. The summed E-state index contributed by atoms with van der Waals surface area (Å²) in [4.78, 5) is 42.1. The third kappa shape index (κ3) is 9.60. The van der Waals surface area contributed by atoms with E-state index in [0.29, 0.717) is 24.3 Å². The van der Waals surface area contributed by atoms with Gasteiger partial charge < -0.3 is 28.4 Å². The summed E-state index contributed by atoms with van der Waals surface area (Å²) < 4.78 is 66.6. The molecule has 1 atom stereocenters. The van der Waals surface area contributed by atoms with E-state index < -0.39 is 39.1 Å². The van der Waals surface area contributed by atoms with E-state index in [1.807, 2.05) is 13.8 Å². The van der Waals surface area contributed by atoms with Crippen LogP contribution in [0.5, 0.6) is 17.2 Å². The van der Waals surface area contributed by atoms with Gasteiger partial charge in [0.15, 0.2) is 11.4 Å². The summed E-state index contributed by atoms with van der Waals surface area (Å²) in [5.41, 5.74) is 0.319. The molecule has 300 valence electrons. The summed E-state index contributed by atoms with van der Waals surface area (Å²) in [6.45, 7) is 13.5. The Balaban J connectivity index is 1.67. The second-order valence-corrected chi connectivity index (χ2v) is 16.4. The molecule has 0 fully saturated rings. The number of ether oxygens (including phenoxy) is 4. The molecule has 3 aromatic rings. The van der Waals surface area contributed by atoms with Gasteiger partial charge in [0.1, 0.15) is 29.5 Å². The molecule has 0 radical (unpaired) electrons. The molecule has 2 amide bonds. The largest absolute Gasteiger partial charge is 0.497 e. The highest BCUT2D eigenvalue weighted by atomic mass is 32.2. The van der Waals surface area contributed by atoms with E-state index in [1.165, 1.54) is 32.4 Å². The van der Waals surface area contributed by atoms with E-state index in [4.69, 9.17) is 24.8 Å². The van der Waals surface area contributed by atoms with Gasteiger partial charge in [-0.3, -0.25) is 23.7 Å². The van der Waals surface area contributed by atoms with Crippen LogP contribution in [0.2, 0.25) is 0 Å². The molecule has 16 heteroatoms. The molecule has 0 spiro atoms. The number of methoxy groups -OCH3 is 2. The molecule has 2 aromatic carbocycles. The number of nitrogens with zero attached hydrogens (tertiary/aromatic N) is 4. The molecule has 1 aliphatic rings. The Labute approximate surface area is 322 Å². The molecule has 1 aliphatic heterocycles. The SMILES string of the molecule is C=C(c1c(C(=O)N(N)Cc2ccc(F)cc2OCc2ccc(OC)cc2)c(OC)c2n1[C@@H](C)CN(CC)C2=O)N(C)S(=O)(=O)CCCCOC(=O)C(C)(C)C. The van der Waals surface area contributed by atoms with Crippen LogP contribution >= 0.6 is 0 Å². The summed E-state index contributed by atoms with van der Waals surface area (Å²) in [7, 11) is 0.146. The summed E-state index contributed by atoms with van der Waals surface area (Å²) in [5.74, 6) is 4.70. The quantitative estimate of drug-likeness (QED) is 0.0619. The molecule has 0 bridgehead atoms. The highest BCUT2D eigenvalue weighted by Crippen LogP contribution is 2.42. The number of esters is 1. The summed E-state index contributed by atoms with van der Waals surface area (Å²) >= 11 is 0. The van der Waals surface area contributed by atoms with Gasteiger partial charge in [0, 0.05) is 37.8 Å². The van der Waals surface area contributed by atoms with Gasteiger partial charge in [-0.1, -0.05) is 24.8 Å². The van der Waals surface area contributed by atoms with E-state index >= 15 is 0 Å². The van der Waals surface area contributed by atoms with Crippen LogP contribution in [0, 0.1) is 11.2 Å². The van der Waals surface area contributed by atoms with Gasteiger partial charge >= 0.3 is 5.97 Å². The molecular formula is C39H52FN5O9S. The van der Waals surface area contributed by atoms with Crippen LogP contribution in [0.25, 0.3) is 5.70 Å². The van der Waals surface area contributed by atoms with Gasteiger partial charge in [-0.2, -0.15) is 0 Å². The third-order valence-corrected chi connectivity index (χ3v) is 11.1. The summed E-state index contributed by atoms with van der Waals surface area (Å²) in [5, 5.41) is 0.869. The Bertz CT molecular complexity index is 2010. The standard InChI is InChI=1S/C39H52FN5O9S/c1-10-43-22-25(2)45-33(26(3)42(7)55(49,50)20-12-11-19-53-38(48)39(4,5)6)32(35(52-9)34(45)37(43)47)36(46)44(41)23-28-15-16-29(40)21-31(28)54-24-27-13-17-30(51-8)18-14-27/h13-18,21,25H,3,10-12,19-20,22-24,41H2,1-2,4-9H3/t25-/m0/s1. The zero-order chi connectivity index (χ0) is 40.8. The minimum Gasteiger partial charge on any atom is -0.497 e. The van der Waals surface area contributed by atoms with Gasteiger partial charge in [-0.15, -0.1) is 0 Å².